The number of aromatic nitrogens is 2. The number of benzene rings is 1. The number of aryl methyl sites for hydroxylation is 1. The number of nitrogen functional groups attached to an aromatic ring is 1. The van der Waals surface area contributed by atoms with Gasteiger partial charge in [-0.3, -0.25) is 14.2 Å². The molecule has 6 nitrogen and oxygen atoms in total. The van der Waals surface area contributed by atoms with E-state index in [2.05, 4.69) is 9.72 Å². The van der Waals surface area contributed by atoms with Crippen molar-refractivity contribution in [3.05, 3.63) is 34.4 Å². The third-order valence-corrected chi connectivity index (χ3v) is 2.68. The van der Waals surface area contributed by atoms with Crippen molar-refractivity contribution >= 4 is 22.6 Å². The predicted octanol–water partition coefficient (Wildman–Crippen LogP) is 0.460. The first-order valence-corrected chi connectivity index (χ1v) is 5.36. The van der Waals surface area contributed by atoms with Gasteiger partial charge in [-0.05, 0) is 25.1 Å². The van der Waals surface area contributed by atoms with E-state index in [0.717, 1.165) is 0 Å². The van der Waals surface area contributed by atoms with Crippen LogP contribution in [0.5, 0.6) is 0 Å². The van der Waals surface area contributed by atoms with E-state index in [1.54, 1.807) is 25.1 Å². The summed E-state index contributed by atoms with van der Waals surface area (Å²) in [5.41, 5.74) is 6.39. The van der Waals surface area contributed by atoms with Crippen LogP contribution in [-0.4, -0.2) is 22.6 Å². The fourth-order valence-electron chi connectivity index (χ4n) is 1.73. The first-order chi connectivity index (χ1) is 8.52. The van der Waals surface area contributed by atoms with Crippen molar-refractivity contribution in [3.8, 4) is 0 Å². The maximum Gasteiger partial charge on any atom is 0.325 e. The second-order valence-corrected chi connectivity index (χ2v) is 3.90. The molecule has 94 valence electrons. The molecule has 1 heterocycles. The van der Waals surface area contributed by atoms with Crippen molar-refractivity contribution in [2.45, 2.75) is 13.5 Å². The number of carbonyl (C=O) groups is 1. The van der Waals surface area contributed by atoms with Gasteiger partial charge >= 0.3 is 5.97 Å². The zero-order chi connectivity index (χ0) is 13.3. The predicted molar refractivity (Wildman–Crippen MR) is 67.2 cm³/mol. The number of nitrogens with zero attached hydrogens (tertiary/aromatic N) is 2. The summed E-state index contributed by atoms with van der Waals surface area (Å²) in [7, 11) is 1.27. The first-order valence-electron chi connectivity index (χ1n) is 5.36. The molecule has 0 radical (unpaired) electrons. The minimum absolute atomic E-state index is 0.154. The van der Waals surface area contributed by atoms with Crippen molar-refractivity contribution in [1.29, 1.82) is 0 Å². The minimum atomic E-state index is -0.495. The zero-order valence-corrected chi connectivity index (χ0v) is 10.1. The molecule has 1 aromatic heterocycles. The zero-order valence-electron chi connectivity index (χ0n) is 10.1. The third-order valence-electron chi connectivity index (χ3n) is 2.68. The standard InChI is InChI=1S/C12H13N3O3/c1-7-14-10-4-3-8(13)5-9(10)12(17)15(7)6-11(16)18-2/h3-5H,6,13H2,1-2H3. The van der Waals surface area contributed by atoms with Crippen molar-refractivity contribution in [1.82, 2.24) is 9.55 Å². The highest BCUT2D eigenvalue weighted by atomic mass is 16.5. The van der Waals surface area contributed by atoms with Crippen LogP contribution < -0.4 is 11.3 Å². The molecule has 0 aliphatic heterocycles. The molecule has 0 spiro atoms. The Labute approximate surface area is 103 Å². The second kappa shape index (κ2) is 4.48. The number of hydrogen-bond donors (Lipinski definition) is 1. The summed E-state index contributed by atoms with van der Waals surface area (Å²) in [6.45, 7) is 1.51. The Bertz CT molecular complexity index is 676. The van der Waals surface area contributed by atoms with Gasteiger partial charge < -0.3 is 10.5 Å². The summed E-state index contributed by atoms with van der Waals surface area (Å²) in [4.78, 5) is 27.7. The van der Waals surface area contributed by atoms with E-state index in [1.807, 2.05) is 0 Å². The SMILES string of the molecule is COC(=O)Cn1c(C)nc2ccc(N)cc2c1=O. The Balaban J connectivity index is 2.67. The fourth-order valence-corrected chi connectivity index (χ4v) is 1.73. The number of esters is 1. The van der Waals surface area contributed by atoms with Gasteiger partial charge in [0.1, 0.15) is 12.4 Å². The monoisotopic (exact) mass is 247 g/mol. The molecule has 0 unspecified atom stereocenters. The molecule has 0 aliphatic carbocycles. The minimum Gasteiger partial charge on any atom is -0.468 e. The number of anilines is 1. The maximum absolute atomic E-state index is 12.2. The number of nitrogens with two attached hydrogens (primary N) is 1. The number of hydrogen-bond acceptors (Lipinski definition) is 5. The Hall–Kier alpha value is -2.37. The molecule has 2 aromatic rings. The number of ether oxygens (including phenoxy) is 1. The molecule has 0 amide bonds. The van der Waals surface area contributed by atoms with Crippen LogP contribution in [0.1, 0.15) is 5.82 Å². The van der Waals surface area contributed by atoms with E-state index in [1.165, 1.54) is 11.7 Å². The summed E-state index contributed by atoms with van der Waals surface area (Å²) in [5.74, 6) is -0.0343. The first kappa shape index (κ1) is 12.1. The van der Waals surface area contributed by atoms with Crippen molar-refractivity contribution in [2.75, 3.05) is 12.8 Å². The molecule has 6 heteroatoms. The average molecular weight is 247 g/mol. The lowest BCUT2D eigenvalue weighted by Crippen LogP contribution is -2.28. The fraction of sp³-hybridized carbons (Fsp3) is 0.250. The Morgan fingerprint density at radius 3 is 2.89 bits per heavy atom. The largest absolute Gasteiger partial charge is 0.468 e. The topological polar surface area (TPSA) is 87.2 Å². The van der Waals surface area contributed by atoms with Crippen LogP contribution in [0.15, 0.2) is 23.0 Å². The van der Waals surface area contributed by atoms with Gasteiger partial charge in [-0.15, -0.1) is 0 Å². The molecule has 0 saturated carbocycles. The molecule has 0 bridgehead atoms. The Morgan fingerprint density at radius 1 is 1.50 bits per heavy atom. The van der Waals surface area contributed by atoms with Crippen molar-refractivity contribution in [3.63, 3.8) is 0 Å². The number of methoxy groups -OCH3 is 1. The van der Waals surface area contributed by atoms with Crippen LogP contribution in [0, 0.1) is 6.92 Å². The molecular weight excluding hydrogens is 234 g/mol. The maximum atomic E-state index is 12.2. The van der Waals surface area contributed by atoms with E-state index in [-0.39, 0.29) is 12.1 Å². The highest BCUT2D eigenvalue weighted by molar-refractivity contribution is 5.81. The molecule has 18 heavy (non-hydrogen) atoms. The Morgan fingerprint density at radius 2 is 2.22 bits per heavy atom. The molecule has 0 atom stereocenters. The molecule has 0 aliphatic rings. The highest BCUT2D eigenvalue weighted by Crippen LogP contribution is 2.12. The number of rotatable bonds is 2. The lowest BCUT2D eigenvalue weighted by atomic mass is 10.2. The van der Waals surface area contributed by atoms with Gasteiger partial charge in [0.2, 0.25) is 0 Å². The van der Waals surface area contributed by atoms with Gasteiger partial charge in [-0.1, -0.05) is 0 Å². The Kier molecular flexibility index (Phi) is 3.01. The van der Waals surface area contributed by atoms with E-state index in [4.69, 9.17) is 5.73 Å². The molecular formula is C12H13N3O3. The molecule has 2 N–H and O–H groups in total. The molecule has 1 aromatic carbocycles. The van der Waals surface area contributed by atoms with E-state index >= 15 is 0 Å². The average Bonchev–Trinajstić information content (AvgIpc) is 2.35. The number of fused-ring (bicyclic) bond motifs is 1. The van der Waals surface area contributed by atoms with Gasteiger partial charge in [0, 0.05) is 5.69 Å². The van der Waals surface area contributed by atoms with Crippen LogP contribution in [0.3, 0.4) is 0 Å². The van der Waals surface area contributed by atoms with Gasteiger partial charge in [0.05, 0.1) is 18.0 Å². The lowest BCUT2D eigenvalue weighted by molar-refractivity contribution is -0.141. The number of carbonyl (C=O) groups excluding carboxylic acids is 1. The second-order valence-electron chi connectivity index (χ2n) is 3.90. The van der Waals surface area contributed by atoms with Crippen LogP contribution in [0.25, 0.3) is 10.9 Å². The quantitative estimate of drug-likeness (QED) is 0.615. The highest BCUT2D eigenvalue weighted by Gasteiger charge is 2.11. The summed E-state index contributed by atoms with van der Waals surface area (Å²) in [6.07, 6.45) is 0. The van der Waals surface area contributed by atoms with E-state index in [9.17, 15) is 9.59 Å². The third kappa shape index (κ3) is 2.04. The van der Waals surface area contributed by atoms with Crippen LogP contribution in [-0.2, 0) is 16.1 Å². The van der Waals surface area contributed by atoms with Gasteiger partial charge in [0.25, 0.3) is 5.56 Å². The summed E-state index contributed by atoms with van der Waals surface area (Å²) in [5, 5.41) is 0.393. The van der Waals surface area contributed by atoms with Gasteiger partial charge in [0.15, 0.2) is 0 Å². The van der Waals surface area contributed by atoms with Crippen LogP contribution in [0.2, 0.25) is 0 Å². The van der Waals surface area contributed by atoms with E-state index in [0.29, 0.717) is 22.4 Å². The smallest absolute Gasteiger partial charge is 0.325 e. The van der Waals surface area contributed by atoms with Crippen molar-refractivity contribution < 1.29 is 9.53 Å². The normalized spacial score (nSPS) is 10.6. The van der Waals surface area contributed by atoms with E-state index < -0.39 is 5.97 Å². The van der Waals surface area contributed by atoms with Gasteiger partial charge in [-0.25, -0.2) is 4.98 Å². The van der Waals surface area contributed by atoms with Gasteiger partial charge in [-0.2, -0.15) is 0 Å². The molecule has 0 saturated heterocycles. The summed E-state index contributed by atoms with van der Waals surface area (Å²) < 4.78 is 5.82. The molecule has 0 fully saturated rings. The summed E-state index contributed by atoms with van der Waals surface area (Å²) in [6, 6.07) is 4.91. The summed E-state index contributed by atoms with van der Waals surface area (Å²) >= 11 is 0. The molecule has 2 rings (SSSR count). The van der Waals surface area contributed by atoms with Crippen molar-refractivity contribution in [2.24, 2.45) is 0 Å². The lowest BCUT2D eigenvalue weighted by Gasteiger charge is -2.09. The van der Waals surface area contributed by atoms with Crippen LogP contribution >= 0.6 is 0 Å². The van der Waals surface area contributed by atoms with Crippen LogP contribution in [0.4, 0.5) is 5.69 Å².